The van der Waals surface area contributed by atoms with Gasteiger partial charge in [0.25, 0.3) is 0 Å². The molecule has 10 aromatic carbocycles. The summed E-state index contributed by atoms with van der Waals surface area (Å²) in [6.45, 7) is 0. The van der Waals surface area contributed by atoms with E-state index in [1.807, 2.05) is 0 Å². The summed E-state index contributed by atoms with van der Waals surface area (Å²) in [5.74, 6) is 0. The number of rotatable bonds is 5. The fraction of sp³-hybridized carbons (Fsp3) is 0.0169. The van der Waals surface area contributed by atoms with Gasteiger partial charge in [-0.15, -0.1) is 0 Å². The minimum absolute atomic E-state index is 0.478. The van der Waals surface area contributed by atoms with Gasteiger partial charge in [0.1, 0.15) is 0 Å². The van der Waals surface area contributed by atoms with E-state index in [0.29, 0.717) is 0 Å². The monoisotopic (exact) mass is 774 g/mol. The highest BCUT2D eigenvalue weighted by atomic mass is 15.1. The SMILES string of the molecule is c1ccc(-c2ccc(N(c3ccc4c(c3)C3(c5ccccc5-c5ccccc53)c3ccc5ccccc5c3-4)c3ccc4c(c3)c3ccccc3n4-c3ccccc3)cc2)cc1. The summed E-state index contributed by atoms with van der Waals surface area (Å²) >= 11 is 0. The van der Waals surface area contributed by atoms with Crippen molar-refractivity contribution < 1.29 is 0 Å². The third kappa shape index (κ3) is 4.79. The van der Waals surface area contributed by atoms with E-state index in [0.717, 1.165) is 22.7 Å². The van der Waals surface area contributed by atoms with Crippen LogP contribution in [0.15, 0.2) is 231 Å². The molecule has 0 saturated carbocycles. The zero-order valence-corrected chi connectivity index (χ0v) is 33.3. The molecule has 0 N–H and O–H groups in total. The molecule has 2 aliphatic carbocycles. The Morgan fingerprint density at radius 1 is 0.328 bits per heavy atom. The standard InChI is InChI=1S/C59H38N2/c1-3-15-39(16-4-1)40-27-30-43(31-28-40)60(44-33-36-57-51(37-44)49-23-11-14-26-56(49)61(57)42-18-5-2-6-19-42)45-32-34-50-55(38-45)59(54-35-29-41-17-7-8-20-46(41)58(50)54)52-24-12-9-21-47(52)48-22-10-13-25-53(48)59/h1-38H. The summed E-state index contributed by atoms with van der Waals surface area (Å²) in [7, 11) is 0. The van der Waals surface area contributed by atoms with Crippen molar-refractivity contribution in [1.29, 1.82) is 0 Å². The first kappa shape index (κ1) is 34.0. The van der Waals surface area contributed by atoms with Gasteiger partial charge in [0.2, 0.25) is 0 Å². The number of aromatic nitrogens is 1. The number of hydrogen-bond acceptors (Lipinski definition) is 1. The Hall–Kier alpha value is -7.94. The van der Waals surface area contributed by atoms with Crippen molar-refractivity contribution in [3.05, 3.63) is 253 Å². The van der Waals surface area contributed by atoms with E-state index in [-0.39, 0.29) is 0 Å². The summed E-state index contributed by atoms with van der Waals surface area (Å²) in [4.78, 5) is 2.46. The second-order valence-corrected chi connectivity index (χ2v) is 16.4. The molecule has 0 unspecified atom stereocenters. The van der Waals surface area contributed by atoms with Gasteiger partial charge in [-0.05, 0) is 127 Å². The maximum Gasteiger partial charge on any atom is 0.0726 e. The molecule has 61 heavy (non-hydrogen) atoms. The number of hydrogen-bond donors (Lipinski definition) is 0. The first-order chi connectivity index (χ1) is 30.3. The van der Waals surface area contributed by atoms with Crippen LogP contribution in [0.1, 0.15) is 22.3 Å². The normalized spacial score (nSPS) is 13.0. The highest BCUT2D eigenvalue weighted by molar-refractivity contribution is 6.11. The van der Waals surface area contributed by atoms with Crippen molar-refractivity contribution in [2.45, 2.75) is 5.41 Å². The lowest BCUT2D eigenvalue weighted by Crippen LogP contribution is -2.26. The molecule has 0 saturated heterocycles. The quantitative estimate of drug-likeness (QED) is 0.169. The van der Waals surface area contributed by atoms with E-state index in [4.69, 9.17) is 0 Å². The average Bonchev–Trinajstić information content (AvgIpc) is 3.94. The van der Waals surface area contributed by atoms with E-state index in [1.54, 1.807) is 0 Å². The van der Waals surface area contributed by atoms with Crippen LogP contribution >= 0.6 is 0 Å². The molecular formula is C59H38N2. The number of benzene rings is 10. The lowest BCUT2D eigenvalue weighted by Gasteiger charge is -2.32. The van der Waals surface area contributed by atoms with Gasteiger partial charge in [-0.25, -0.2) is 0 Å². The summed E-state index contributed by atoms with van der Waals surface area (Å²) in [5.41, 5.74) is 19.4. The van der Waals surface area contributed by atoms with E-state index in [1.165, 1.54) is 88.2 Å². The van der Waals surface area contributed by atoms with Crippen molar-refractivity contribution in [2.75, 3.05) is 4.90 Å². The molecule has 0 bridgehead atoms. The van der Waals surface area contributed by atoms with Crippen LogP contribution in [0.2, 0.25) is 0 Å². The van der Waals surface area contributed by atoms with Crippen LogP contribution in [0.5, 0.6) is 0 Å². The topological polar surface area (TPSA) is 8.17 Å². The highest BCUT2D eigenvalue weighted by Crippen LogP contribution is 2.64. The predicted molar refractivity (Wildman–Crippen MR) is 255 cm³/mol. The number of anilines is 3. The molecule has 0 aliphatic heterocycles. The molecule has 2 aliphatic rings. The molecule has 1 spiro atoms. The second kappa shape index (κ2) is 13.0. The molecule has 0 atom stereocenters. The maximum absolute atomic E-state index is 2.51. The molecule has 2 nitrogen and oxygen atoms in total. The molecule has 0 amide bonds. The maximum atomic E-state index is 2.51. The van der Waals surface area contributed by atoms with Gasteiger partial charge in [0.05, 0.1) is 16.4 Å². The smallest absolute Gasteiger partial charge is 0.0726 e. The minimum Gasteiger partial charge on any atom is -0.310 e. The van der Waals surface area contributed by atoms with Crippen LogP contribution < -0.4 is 4.90 Å². The van der Waals surface area contributed by atoms with Gasteiger partial charge in [-0.3, -0.25) is 0 Å². The van der Waals surface area contributed by atoms with Crippen molar-refractivity contribution >= 4 is 49.6 Å². The molecule has 2 heteroatoms. The number of nitrogens with zero attached hydrogens (tertiary/aromatic N) is 2. The summed E-state index contributed by atoms with van der Waals surface area (Å²) in [6.07, 6.45) is 0. The Labute approximate surface area is 354 Å². The zero-order chi connectivity index (χ0) is 40.1. The lowest BCUT2D eigenvalue weighted by atomic mass is 9.70. The van der Waals surface area contributed by atoms with Gasteiger partial charge in [-0.2, -0.15) is 0 Å². The lowest BCUT2D eigenvalue weighted by molar-refractivity contribution is 0.794. The van der Waals surface area contributed by atoms with E-state index in [9.17, 15) is 0 Å². The van der Waals surface area contributed by atoms with Crippen LogP contribution in [-0.2, 0) is 5.41 Å². The van der Waals surface area contributed by atoms with E-state index >= 15 is 0 Å². The Morgan fingerprint density at radius 2 is 0.902 bits per heavy atom. The van der Waals surface area contributed by atoms with Crippen LogP contribution in [-0.4, -0.2) is 4.57 Å². The van der Waals surface area contributed by atoms with Gasteiger partial charge in [-0.1, -0.05) is 170 Å². The minimum atomic E-state index is -0.478. The predicted octanol–water partition coefficient (Wildman–Crippen LogP) is 15.4. The van der Waals surface area contributed by atoms with Crippen molar-refractivity contribution in [3.63, 3.8) is 0 Å². The van der Waals surface area contributed by atoms with Gasteiger partial charge >= 0.3 is 0 Å². The van der Waals surface area contributed by atoms with Crippen molar-refractivity contribution in [2.24, 2.45) is 0 Å². The third-order valence-corrected chi connectivity index (χ3v) is 13.4. The number of fused-ring (bicyclic) bond motifs is 15. The Bertz CT molecular complexity index is 3480. The molecule has 11 aromatic rings. The fourth-order valence-corrected chi connectivity index (χ4v) is 10.9. The third-order valence-electron chi connectivity index (χ3n) is 13.4. The van der Waals surface area contributed by atoms with Gasteiger partial charge < -0.3 is 9.47 Å². The van der Waals surface area contributed by atoms with Gasteiger partial charge in [0, 0.05) is 33.5 Å². The summed E-state index contributed by atoms with van der Waals surface area (Å²) in [6, 6.07) is 85.3. The Morgan fingerprint density at radius 3 is 1.67 bits per heavy atom. The molecule has 0 radical (unpaired) electrons. The largest absolute Gasteiger partial charge is 0.310 e. The van der Waals surface area contributed by atoms with Crippen LogP contribution in [0.4, 0.5) is 17.1 Å². The molecule has 13 rings (SSSR count). The van der Waals surface area contributed by atoms with Crippen molar-refractivity contribution in [3.8, 4) is 39.1 Å². The number of para-hydroxylation sites is 2. The molecule has 1 aromatic heterocycles. The summed E-state index contributed by atoms with van der Waals surface area (Å²) in [5, 5.41) is 5.01. The fourth-order valence-electron chi connectivity index (χ4n) is 10.9. The molecule has 1 heterocycles. The zero-order valence-electron chi connectivity index (χ0n) is 33.3. The molecule has 284 valence electrons. The van der Waals surface area contributed by atoms with Gasteiger partial charge in [0.15, 0.2) is 0 Å². The van der Waals surface area contributed by atoms with E-state index in [2.05, 4.69) is 240 Å². The molecule has 0 fully saturated rings. The first-order valence-electron chi connectivity index (χ1n) is 21.2. The summed E-state index contributed by atoms with van der Waals surface area (Å²) < 4.78 is 2.39. The first-order valence-corrected chi connectivity index (χ1v) is 21.2. The van der Waals surface area contributed by atoms with Crippen molar-refractivity contribution in [1.82, 2.24) is 4.57 Å². The van der Waals surface area contributed by atoms with Crippen LogP contribution in [0.3, 0.4) is 0 Å². The second-order valence-electron chi connectivity index (χ2n) is 16.4. The average molecular weight is 775 g/mol. The van der Waals surface area contributed by atoms with Crippen LogP contribution in [0.25, 0.3) is 71.6 Å². The Kier molecular flexibility index (Phi) is 7.26. The van der Waals surface area contributed by atoms with Crippen LogP contribution in [0, 0.1) is 0 Å². The highest BCUT2D eigenvalue weighted by Gasteiger charge is 2.52. The van der Waals surface area contributed by atoms with E-state index < -0.39 is 5.41 Å². The molecular weight excluding hydrogens is 737 g/mol. The Balaban J connectivity index is 1.08.